The summed E-state index contributed by atoms with van der Waals surface area (Å²) in [5, 5.41) is 0. The summed E-state index contributed by atoms with van der Waals surface area (Å²) in [4.78, 5) is 22.4. The number of piperidine rings is 1. The molecule has 1 aromatic carbocycles. The number of aromatic nitrogens is 1. The first kappa shape index (κ1) is 19.6. The zero-order valence-corrected chi connectivity index (χ0v) is 18.0. The Balaban J connectivity index is 1.51. The number of para-hydroxylation sites is 2. The van der Waals surface area contributed by atoms with Crippen molar-refractivity contribution in [3.8, 4) is 0 Å². The first-order valence-electron chi connectivity index (χ1n) is 10.5. The summed E-state index contributed by atoms with van der Waals surface area (Å²) in [6, 6.07) is 8.60. The molecule has 4 rings (SSSR count). The summed E-state index contributed by atoms with van der Waals surface area (Å²) in [6.07, 6.45) is 5.33. The van der Waals surface area contributed by atoms with E-state index in [-0.39, 0.29) is 16.7 Å². The second-order valence-corrected chi connectivity index (χ2v) is 10.8. The van der Waals surface area contributed by atoms with Gasteiger partial charge in [-0.25, -0.2) is 0 Å². The summed E-state index contributed by atoms with van der Waals surface area (Å²) in [6.45, 7) is 8.46. The van der Waals surface area contributed by atoms with Crippen molar-refractivity contribution in [2.24, 2.45) is 0 Å². The minimum atomic E-state index is -0.145. The highest BCUT2D eigenvalue weighted by Crippen LogP contribution is 2.32. The SMILES string of the molecule is CC(C)(C)SC[C@H]1CCCCN1C(=O)[C@H]1CCCN1c1nc2ccccc2o1. The van der Waals surface area contributed by atoms with Crippen molar-refractivity contribution in [3.63, 3.8) is 0 Å². The summed E-state index contributed by atoms with van der Waals surface area (Å²) < 4.78 is 6.20. The average Bonchev–Trinajstić information content (AvgIpc) is 3.32. The van der Waals surface area contributed by atoms with Gasteiger partial charge in [0, 0.05) is 29.6 Å². The first-order valence-corrected chi connectivity index (χ1v) is 11.5. The van der Waals surface area contributed by atoms with Crippen molar-refractivity contribution < 1.29 is 9.21 Å². The van der Waals surface area contributed by atoms with Gasteiger partial charge in [0.05, 0.1) is 0 Å². The molecule has 1 amide bonds. The normalized spacial score (nSPS) is 23.5. The number of likely N-dealkylation sites (tertiary alicyclic amines) is 1. The van der Waals surface area contributed by atoms with Crippen molar-refractivity contribution in [1.29, 1.82) is 0 Å². The second kappa shape index (κ2) is 7.97. The Bertz CT molecular complexity index is 796. The van der Waals surface area contributed by atoms with E-state index >= 15 is 0 Å². The lowest BCUT2D eigenvalue weighted by Crippen LogP contribution is -2.52. The number of hydrogen-bond acceptors (Lipinski definition) is 5. The van der Waals surface area contributed by atoms with Gasteiger partial charge in [-0.3, -0.25) is 4.79 Å². The predicted octanol–water partition coefficient (Wildman–Crippen LogP) is 4.71. The minimum absolute atomic E-state index is 0.145. The third-order valence-electron chi connectivity index (χ3n) is 5.69. The number of fused-ring (bicyclic) bond motifs is 1. The van der Waals surface area contributed by atoms with Crippen LogP contribution >= 0.6 is 11.8 Å². The second-order valence-electron chi connectivity index (χ2n) is 8.92. The van der Waals surface area contributed by atoms with Gasteiger partial charge < -0.3 is 14.2 Å². The fourth-order valence-electron chi connectivity index (χ4n) is 4.24. The molecule has 2 aliphatic heterocycles. The highest BCUT2D eigenvalue weighted by Gasteiger charge is 2.39. The van der Waals surface area contributed by atoms with E-state index in [2.05, 4.69) is 35.6 Å². The zero-order chi connectivity index (χ0) is 19.7. The van der Waals surface area contributed by atoms with E-state index in [1.807, 2.05) is 36.0 Å². The van der Waals surface area contributed by atoms with Crippen molar-refractivity contribution in [2.75, 3.05) is 23.7 Å². The number of carbonyl (C=O) groups is 1. The van der Waals surface area contributed by atoms with Crippen molar-refractivity contribution in [2.45, 2.75) is 69.7 Å². The molecule has 2 saturated heterocycles. The number of thioether (sulfide) groups is 1. The molecule has 2 atom stereocenters. The van der Waals surface area contributed by atoms with Gasteiger partial charge >= 0.3 is 0 Å². The van der Waals surface area contributed by atoms with Gasteiger partial charge in [0.25, 0.3) is 6.01 Å². The van der Waals surface area contributed by atoms with Crippen LogP contribution in [0.4, 0.5) is 6.01 Å². The van der Waals surface area contributed by atoms with Crippen LogP contribution in [-0.2, 0) is 4.79 Å². The highest BCUT2D eigenvalue weighted by atomic mass is 32.2. The Hall–Kier alpha value is -1.69. The van der Waals surface area contributed by atoms with Gasteiger partial charge in [0.15, 0.2) is 5.58 Å². The standard InChI is InChI=1S/C22H31N3O2S/c1-22(2,3)28-15-16-9-6-7-13-24(16)20(26)18-11-8-14-25(18)21-23-17-10-4-5-12-19(17)27-21/h4-5,10,12,16,18H,6-9,11,13-15H2,1-3H3/t16-,18-/m1/s1. The maximum Gasteiger partial charge on any atom is 0.299 e. The number of nitrogens with zero attached hydrogens (tertiary/aromatic N) is 3. The maximum absolute atomic E-state index is 13.5. The van der Waals surface area contributed by atoms with Crippen LogP contribution in [0.2, 0.25) is 0 Å². The van der Waals surface area contributed by atoms with E-state index in [9.17, 15) is 4.79 Å². The van der Waals surface area contributed by atoms with Crippen LogP contribution in [0.25, 0.3) is 11.1 Å². The fraction of sp³-hybridized carbons (Fsp3) is 0.636. The molecular weight excluding hydrogens is 370 g/mol. The van der Waals surface area contributed by atoms with E-state index < -0.39 is 0 Å². The molecule has 0 N–H and O–H groups in total. The van der Waals surface area contributed by atoms with E-state index in [1.165, 1.54) is 6.42 Å². The quantitative estimate of drug-likeness (QED) is 0.743. The third-order valence-corrected chi connectivity index (χ3v) is 7.10. The van der Waals surface area contributed by atoms with Crippen LogP contribution in [0.5, 0.6) is 0 Å². The molecule has 1 aromatic heterocycles. The highest BCUT2D eigenvalue weighted by molar-refractivity contribution is 8.00. The molecule has 5 nitrogen and oxygen atoms in total. The number of rotatable bonds is 4. The van der Waals surface area contributed by atoms with E-state index in [1.54, 1.807) is 0 Å². The van der Waals surface area contributed by atoms with Gasteiger partial charge in [-0.15, -0.1) is 0 Å². The van der Waals surface area contributed by atoms with E-state index in [0.29, 0.717) is 12.1 Å². The Morgan fingerprint density at radius 3 is 2.79 bits per heavy atom. The summed E-state index contributed by atoms with van der Waals surface area (Å²) in [7, 11) is 0. The maximum atomic E-state index is 13.5. The molecule has 0 unspecified atom stereocenters. The Morgan fingerprint density at radius 1 is 1.18 bits per heavy atom. The molecule has 3 heterocycles. The topological polar surface area (TPSA) is 49.6 Å². The van der Waals surface area contributed by atoms with Crippen LogP contribution in [0, 0.1) is 0 Å². The van der Waals surface area contributed by atoms with Crippen LogP contribution in [-0.4, -0.2) is 51.5 Å². The molecule has 2 fully saturated rings. The average molecular weight is 402 g/mol. The third kappa shape index (κ3) is 4.17. The molecule has 0 aliphatic carbocycles. The lowest BCUT2D eigenvalue weighted by molar-refractivity contribution is -0.135. The van der Waals surface area contributed by atoms with Crippen molar-refractivity contribution >= 4 is 34.8 Å². The van der Waals surface area contributed by atoms with Crippen LogP contribution in [0.1, 0.15) is 52.9 Å². The Kier molecular flexibility index (Phi) is 5.59. The van der Waals surface area contributed by atoms with Gasteiger partial charge in [-0.1, -0.05) is 32.9 Å². The van der Waals surface area contributed by atoms with Gasteiger partial charge in [0.1, 0.15) is 11.6 Å². The molecule has 0 spiro atoms. The van der Waals surface area contributed by atoms with Gasteiger partial charge in [-0.2, -0.15) is 16.7 Å². The number of benzene rings is 1. The largest absolute Gasteiger partial charge is 0.423 e. The number of carbonyl (C=O) groups excluding carboxylic acids is 1. The molecule has 152 valence electrons. The monoisotopic (exact) mass is 401 g/mol. The van der Waals surface area contributed by atoms with Gasteiger partial charge in [-0.05, 0) is 44.2 Å². The lowest BCUT2D eigenvalue weighted by atomic mass is 10.0. The molecule has 6 heteroatoms. The minimum Gasteiger partial charge on any atom is -0.423 e. The fourth-order valence-corrected chi connectivity index (χ4v) is 5.28. The van der Waals surface area contributed by atoms with E-state index in [0.717, 1.165) is 55.6 Å². The van der Waals surface area contributed by atoms with E-state index in [4.69, 9.17) is 4.42 Å². The zero-order valence-electron chi connectivity index (χ0n) is 17.2. The van der Waals surface area contributed by atoms with Crippen LogP contribution in [0.3, 0.4) is 0 Å². The first-order chi connectivity index (χ1) is 13.4. The molecule has 0 bridgehead atoms. The molecule has 0 radical (unpaired) electrons. The number of oxazole rings is 1. The lowest BCUT2D eigenvalue weighted by Gasteiger charge is -2.39. The summed E-state index contributed by atoms with van der Waals surface area (Å²) in [5.74, 6) is 1.28. The molecule has 0 saturated carbocycles. The number of amides is 1. The summed E-state index contributed by atoms with van der Waals surface area (Å²) >= 11 is 1.97. The van der Waals surface area contributed by atoms with Crippen molar-refractivity contribution in [1.82, 2.24) is 9.88 Å². The molecule has 2 aromatic rings. The van der Waals surface area contributed by atoms with Crippen LogP contribution in [0.15, 0.2) is 28.7 Å². The Labute approximate surface area is 171 Å². The predicted molar refractivity (Wildman–Crippen MR) is 116 cm³/mol. The van der Waals surface area contributed by atoms with Crippen molar-refractivity contribution in [3.05, 3.63) is 24.3 Å². The number of hydrogen-bond donors (Lipinski definition) is 0. The molecule has 2 aliphatic rings. The summed E-state index contributed by atoms with van der Waals surface area (Å²) in [5.41, 5.74) is 1.64. The van der Waals surface area contributed by atoms with Gasteiger partial charge in [0.2, 0.25) is 5.91 Å². The Morgan fingerprint density at radius 2 is 2.00 bits per heavy atom. The smallest absolute Gasteiger partial charge is 0.299 e. The molecule has 28 heavy (non-hydrogen) atoms. The molecular formula is C22H31N3O2S. The van der Waals surface area contributed by atoms with Crippen LogP contribution < -0.4 is 4.90 Å². The number of anilines is 1.